The minimum Gasteiger partial charge on any atom is -0.871 e. The second-order valence-corrected chi connectivity index (χ2v) is 9.67. The molecule has 2 aromatic carbocycles. The summed E-state index contributed by atoms with van der Waals surface area (Å²) in [5, 5.41) is 21.7. The molecule has 0 amide bonds. The summed E-state index contributed by atoms with van der Waals surface area (Å²) in [7, 11) is 0. The predicted octanol–water partition coefficient (Wildman–Crippen LogP) is 8.73. The van der Waals surface area contributed by atoms with Gasteiger partial charge < -0.3 is 9.59 Å². The van der Waals surface area contributed by atoms with E-state index in [1.165, 1.54) is 88.1 Å². The Morgan fingerprint density at radius 1 is 0.667 bits per heavy atom. The van der Waals surface area contributed by atoms with E-state index in [4.69, 9.17) is 0 Å². The van der Waals surface area contributed by atoms with Crippen molar-refractivity contribution in [1.82, 2.24) is 4.98 Å². The van der Waals surface area contributed by atoms with Crippen molar-refractivity contribution < 1.29 is 9.59 Å². The van der Waals surface area contributed by atoms with Crippen molar-refractivity contribution in [3.05, 3.63) is 60.8 Å². The number of hydrogen-bond donors (Lipinski definition) is 0. The van der Waals surface area contributed by atoms with Crippen LogP contribution in [0.2, 0.25) is 0 Å². The Bertz CT molecular complexity index is 982. The second-order valence-electron chi connectivity index (χ2n) is 9.67. The van der Waals surface area contributed by atoms with Crippen LogP contribution in [0, 0.1) is 0 Å². The molecule has 0 N–H and O–H groups in total. The molecule has 0 bridgehead atoms. The first-order valence-corrected chi connectivity index (χ1v) is 14.0. The van der Waals surface area contributed by atoms with Crippen LogP contribution in [0.15, 0.2) is 71.0 Å². The monoisotopic (exact) mass is 490 g/mol. The molecule has 0 radical (unpaired) electrons. The van der Waals surface area contributed by atoms with E-state index < -0.39 is 0 Å². The molecule has 5 nitrogen and oxygen atoms in total. The minimum atomic E-state index is -0.140. The van der Waals surface area contributed by atoms with Gasteiger partial charge >= 0.3 is 0 Å². The first kappa shape index (κ1) is 29.4. The normalized spacial score (nSPS) is 11.6. The molecule has 5 heteroatoms. The fraction of sp³-hybridized carbons (Fsp3) is 0.516. The molecule has 0 fully saturated rings. The molecule has 0 atom stereocenters. The zero-order chi connectivity index (χ0) is 26.1. The third-order valence-corrected chi connectivity index (χ3v) is 6.71. The highest BCUT2D eigenvalue weighted by Crippen LogP contribution is 2.34. The van der Waals surface area contributed by atoms with Crippen molar-refractivity contribution in [3.63, 3.8) is 0 Å². The maximum atomic E-state index is 11.9. The summed E-state index contributed by atoms with van der Waals surface area (Å²) in [6, 6.07) is 16.3. The van der Waals surface area contributed by atoms with Crippen LogP contribution in [-0.2, 0) is 0 Å². The van der Waals surface area contributed by atoms with Gasteiger partial charge in [0.25, 0.3) is 0 Å². The second kappa shape index (κ2) is 16.8. The first-order valence-electron chi connectivity index (χ1n) is 14.0. The van der Waals surface area contributed by atoms with Crippen molar-refractivity contribution in [2.24, 2.45) is 10.2 Å². The lowest BCUT2D eigenvalue weighted by molar-refractivity contribution is -0.929. The van der Waals surface area contributed by atoms with Gasteiger partial charge in [-0.15, -0.1) is 10.2 Å². The molecular weight excluding hydrogens is 444 g/mol. The summed E-state index contributed by atoms with van der Waals surface area (Å²) in [6.07, 6.45) is 12.7. The molecule has 0 spiro atoms. The number of quaternary nitrogens is 1. The molecule has 1 heterocycles. The van der Waals surface area contributed by atoms with E-state index in [1.807, 2.05) is 30.3 Å². The topological polar surface area (TPSA) is 60.7 Å². The average molecular weight is 491 g/mol. The lowest BCUT2D eigenvalue weighted by Crippen LogP contribution is -2.50. The number of pyridine rings is 1. The highest BCUT2D eigenvalue weighted by Gasteiger charge is 2.24. The van der Waals surface area contributed by atoms with Crippen molar-refractivity contribution in [1.29, 1.82) is 0 Å². The summed E-state index contributed by atoms with van der Waals surface area (Å²) in [6.45, 7) is 15.0. The largest absolute Gasteiger partial charge is 0.871 e. The van der Waals surface area contributed by atoms with Crippen molar-refractivity contribution in [2.45, 2.75) is 79.1 Å². The predicted molar refractivity (Wildman–Crippen MR) is 151 cm³/mol. The smallest absolute Gasteiger partial charge is 0.174 e. The lowest BCUT2D eigenvalue weighted by atomic mass is 10.1. The molecule has 3 rings (SSSR count). The van der Waals surface area contributed by atoms with Crippen LogP contribution in [0.25, 0.3) is 10.8 Å². The number of nitrogens with zero attached hydrogens (tertiary/aromatic N) is 4. The number of fused-ring (bicyclic) bond motifs is 1. The van der Waals surface area contributed by atoms with Crippen LogP contribution >= 0.6 is 0 Å². The Hall–Kier alpha value is -2.79. The summed E-state index contributed by atoms with van der Waals surface area (Å²) in [4.78, 5) is 4.04. The van der Waals surface area contributed by atoms with Crippen molar-refractivity contribution in [3.8, 4) is 5.75 Å². The minimum absolute atomic E-state index is 0.140. The van der Waals surface area contributed by atoms with Crippen molar-refractivity contribution in [2.75, 3.05) is 26.2 Å². The third-order valence-electron chi connectivity index (χ3n) is 6.71. The van der Waals surface area contributed by atoms with Crippen LogP contribution in [0.4, 0.5) is 11.5 Å². The van der Waals surface area contributed by atoms with Crippen LogP contribution < -0.4 is 5.11 Å². The molecule has 0 aliphatic rings. The number of aromatic nitrogens is 1. The molecule has 0 unspecified atom stereocenters. The van der Waals surface area contributed by atoms with Crippen LogP contribution in [0.1, 0.15) is 79.1 Å². The molecule has 0 saturated heterocycles. The Balaban J connectivity index is 0.000000256. The van der Waals surface area contributed by atoms with Crippen LogP contribution in [-0.4, -0.2) is 35.6 Å². The summed E-state index contributed by atoms with van der Waals surface area (Å²) >= 11 is 0. The quantitative estimate of drug-likeness (QED) is 0.167. The molecule has 0 aliphatic carbocycles. The summed E-state index contributed by atoms with van der Waals surface area (Å²) < 4.78 is 1.42. The zero-order valence-corrected chi connectivity index (χ0v) is 23.0. The van der Waals surface area contributed by atoms with E-state index in [-0.39, 0.29) is 5.75 Å². The Kier molecular flexibility index (Phi) is 13.7. The fourth-order valence-electron chi connectivity index (χ4n) is 4.50. The first-order chi connectivity index (χ1) is 17.6. The van der Waals surface area contributed by atoms with E-state index in [1.54, 1.807) is 24.4 Å². The maximum Gasteiger partial charge on any atom is 0.174 e. The van der Waals surface area contributed by atoms with Gasteiger partial charge in [0.2, 0.25) is 0 Å². The van der Waals surface area contributed by atoms with Gasteiger partial charge in [-0.2, -0.15) is 0 Å². The van der Waals surface area contributed by atoms with Gasteiger partial charge in [-0.05, 0) is 43.2 Å². The van der Waals surface area contributed by atoms with Gasteiger partial charge in [-0.3, -0.25) is 0 Å². The zero-order valence-electron chi connectivity index (χ0n) is 23.0. The third kappa shape index (κ3) is 9.69. The average Bonchev–Trinajstić information content (AvgIpc) is 2.92. The standard InChI is InChI=1S/C16H36N.C15H11N3O/c1-5-9-13-17(14-10-6-2,15-11-7-3)16-12-8-4;19-13-9-8-11-5-1-2-6-12(11)15(13)18-17-14-7-3-4-10-16-14/h5-16H2,1-4H3;1-10,19H/q+1;/p-1. The van der Waals surface area contributed by atoms with Gasteiger partial charge in [-0.25, -0.2) is 4.98 Å². The molecule has 196 valence electrons. The Labute approximate surface area is 218 Å². The molecule has 1 aromatic heterocycles. The van der Waals surface area contributed by atoms with E-state index in [0.29, 0.717) is 11.5 Å². The number of azo groups is 1. The van der Waals surface area contributed by atoms with E-state index in [9.17, 15) is 5.11 Å². The Morgan fingerprint density at radius 3 is 1.75 bits per heavy atom. The van der Waals surface area contributed by atoms with Gasteiger partial charge in [0.15, 0.2) is 5.82 Å². The SMILES string of the molecule is CCCC[N+](CCCC)(CCCC)CCCC.[O-]c1ccc2ccccc2c1N=Nc1ccccn1. The molecule has 3 aromatic rings. The molecule has 0 aliphatic heterocycles. The summed E-state index contributed by atoms with van der Waals surface area (Å²) in [5.74, 6) is 0.341. The lowest BCUT2D eigenvalue weighted by Gasteiger charge is -2.39. The van der Waals surface area contributed by atoms with E-state index in [2.05, 4.69) is 42.9 Å². The van der Waals surface area contributed by atoms with Gasteiger partial charge in [0.05, 0.1) is 31.9 Å². The summed E-state index contributed by atoms with van der Waals surface area (Å²) in [5.41, 5.74) is 0.351. The molecular formula is C31H46N4O. The van der Waals surface area contributed by atoms with Crippen molar-refractivity contribution >= 4 is 22.3 Å². The molecule has 36 heavy (non-hydrogen) atoms. The highest BCUT2D eigenvalue weighted by atomic mass is 16.3. The van der Waals surface area contributed by atoms with Gasteiger partial charge in [-0.1, -0.05) is 102 Å². The Morgan fingerprint density at radius 2 is 1.22 bits per heavy atom. The molecule has 0 saturated carbocycles. The number of benzene rings is 2. The van der Waals surface area contributed by atoms with E-state index in [0.717, 1.165) is 10.8 Å². The number of unbranched alkanes of at least 4 members (excludes halogenated alkanes) is 4. The maximum absolute atomic E-state index is 11.9. The van der Waals surface area contributed by atoms with E-state index >= 15 is 0 Å². The number of hydrogen-bond acceptors (Lipinski definition) is 4. The number of rotatable bonds is 14. The van der Waals surface area contributed by atoms with Gasteiger partial charge in [0.1, 0.15) is 0 Å². The van der Waals surface area contributed by atoms with Gasteiger partial charge in [0, 0.05) is 11.6 Å². The van der Waals surface area contributed by atoms with Crippen LogP contribution in [0.3, 0.4) is 0 Å². The fourth-order valence-corrected chi connectivity index (χ4v) is 4.50. The highest BCUT2D eigenvalue weighted by molar-refractivity contribution is 5.94. The van der Waals surface area contributed by atoms with Crippen LogP contribution in [0.5, 0.6) is 5.75 Å².